The van der Waals surface area contributed by atoms with Gasteiger partial charge < -0.3 is 10.2 Å². The molecule has 0 bridgehead atoms. The Morgan fingerprint density at radius 3 is 2.95 bits per heavy atom. The second-order valence-electron chi connectivity index (χ2n) is 5.24. The molecule has 1 aliphatic heterocycles. The van der Waals surface area contributed by atoms with Crippen LogP contribution < -0.4 is 5.32 Å². The number of halogens is 2. The van der Waals surface area contributed by atoms with Gasteiger partial charge in [-0.3, -0.25) is 0 Å². The van der Waals surface area contributed by atoms with Gasteiger partial charge in [-0.05, 0) is 57.0 Å². The molecule has 1 aromatic rings. The summed E-state index contributed by atoms with van der Waals surface area (Å²) < 4.78 is 1.03. The molecule has 1 heterocycles. The zero-order chi connectivity index (χ0) is 13.7. The molecular formula is C15H22BrClN2. The molecule has 1 N–H and O–H groups in total. The van der Waals surface area contributed by atoms with Crippen molar-refractivity contribution in [3.05, 3.63) is 27.7 Å². The molecule has 0 saturated carbocycles. The quantitative estimate of drug-likeness (QED) is 0.845. The van der Waals surface area contributed by atoms with Crippen molar-refractivity contribution in [3.8, 4) is 0 Å². The van der Waals surface area contributed by atoms with Gasteiger partial charge in [-0.25, -0.2) is 0 Å². The maximum absolute atomic E-state index is 6.27. The van der Waals surface area contributed by atoms with Crippen molar-refractivity contribution >= 4 is 33.2 Å². The second-order valence-corrected chi connectivity index (χ2v) is 6.56. The molecule has 0 amide bonds. The molecule has 106 valence electrons. The first-order valence-corrected chi connectivity index (χ1v) is 8.30. The molecule has 0 aromatic heterocycles. The largest absolute Gasteiger partial charge is 0.381 e. The van der Waals surface area contributed by atoms with Gasteiger partial charge in [0.1, 0.15) is 0 Å². The first-order valence-electron chi connectivity index (χ1n) is 7.13. The normalized spacial score (nSPS) is 21.1. The Kier molecular flexibility index (Phi) is 5.99. The Bertz CT molecular complexity index is 411. The zero-order valence-electron chi connectivity index (χ0n) is 11.5. The molecule has 1 aliphatic rings. The smallest absolute Gasteiger partial charge is 0.0648 e. The lowest BCUT2D eigenvalue weighted by Gasteiger charge is -2.20. The summed E-state index contributed by atoms with van der Waals surface area (Å²) in [7, 11) is 0. The highest BCUT2D eigenvalue weighted by Crippen LogP contribution is 2.27. The van der Waals surface area contributed by atoms with Crippen molar-refractivity contribution in [1.82, 2.24) is 4.90 Å². The third kappa shape index (κ3) is 4.66. The number of anilines is 1. The summed E-state index contributed by atoms with van der Waals surface area (Å²) in [6, 6.07) is 6.58. The van der Waals surface area contributed by atoms with E-state index < -0.39 is 0 Å². The summed E-state index contributed by atoms with van der Waals surface area (Å²) in [4.78, 5) is 2.57. The number of likely N-dealkylation sites (tertiary alicyclic amines) is 1. The second kappa shape index (κ2) is 7.51. The summed E-state index contributed by atoms with van der Waals surface area (Å²) in [5.74, 6) is 0. The fourth-order valence-electron chi connectivity index (χ4n) is 2.67. The van der Waals surface area contributed by atoms with Crippen molar-refractivity contribution in [2.24, 2.45) is 0 Å². The molecule has 1 fully saturated rings. The fourth-order valence-corrected chi connectivity index (χ4v) is 3.39. The molecule has 1 saturated heterocycles. The molecule has 1 aromatic carbocycles. The van der Waals surface area contributed by atoms with Crippen LogP contribution in [0, 0.1) is 0 Å². The third-order valence-electron chi connectivity index (χ3n) is 3.65. The van der Waals surface area contributed by atoms with E-state index >= 15 is 0 Å². The van der Waals surface area contributed by atoms with Gasteiger partial charge in [-0.1, -0.05) is 34.5 Å². The first-order chi connectivity index (χ1) is 9.19. The Morgan fingerprint density at radius 1 is 1.37 bits per heavy atom. The number of hydrogen-bond donors (Lipinski definition) is 1. The van der Waals surface area contributed by atoms with E-state index in [1.807, 2.05) is 12.1 Å². The van der Waals surface area contributed by atoms with Crippen molar-refractivity contribution in [2.45, 2.75) is 38.6 Å². The molecule has 4 heteroatoms. The van der Waals surface area contributed by atoms with Gasteiger partial charge in [0.25, 0.3) is 0 Å². The summed E-state index contributed by atoms with van der Waals surface area (Å²) in [5, 5.41) is 4.39. The van der Waals surface area contributed by atoms with E-state index in [0.717, 1.165) is 15.2 Å². The van der Waals surface area contributed by atoms with Gasteiger partial charge in [0.2, 0.25) is 0 Å². The van der Waals surface area contributed by atoms with E-state index in [1.54, 1.807) is 0 Å². The molecular weight excluding hydrogens is 324 g/mol. The van der Waals surface area contributed by atoms with Gasteiger partial charge in [-0.2, -0.15) is 0 Å². The third-order valence-corrected chi connectivity index (χ3v) is 4.46. The minimum atomic E-state index is 0.542. The molecule has 0 aliphatic carbocycles. The Hall–Kier alpha value is -0.250. The van der Waals surface area contributed by atoms with E-state index in [2.05, 4.69) is 39.1 Å². The Morgan fingerprint density at radius 2 is 2.21 bits per heavy atom. The van der Waals surface area contributed by atoms with Crippen LogP contribution in [0.5, 0.6) is 0 Å². The lowest BCUT2D eigenvalue weighted by Crippen LogP contribution is -2.27. The van der Waals surface area contributed by atoms with Gasteiger partial charge in [0.05, 0.1) is 10.7 Å². The maximum Gasteiger partial charge on any atom is 0.0648 e. The minimum Gasteiger partial charge on any atom is -0.381 e. The fraction of sp³-hybridized carbons (Fsp3) is 0.600. The molecule has 19 heavy (non-hydrogen) atoms. The number of nitrogens with one attached hydrogen (secondary N) is 1. The number of hydrogen-bond acceptors (Lipinski definition) is 2. The standard InChI is InChI=1S/C15H22BrClN2/c1-2-8-19-9-3-4-13(7-10-19)18-15-6-5-12(16)11-14(15)17/h5-6,11,13,18H,2-4,7-10H2,1H3. The predicted molar refractivity (Wildman–Crippen MR) is 87.1 cm³/mol. The monoisotopic (exact) mass is 344 g/mol. The Labute approximate surface area is 129 Å². The summed E-state index contributed by atoms with van der Waals surface area (Å²) in [6.07, 6.45) is 4.95. The number of benzene rings is 1. The van der Waals surface area contributed by atoms with Crippen LogP contribution in [0.3, 0.4) is 0 Å². The van der Waals surface area contributed by atoms with Crippen LogP contribution in [0.1, 0.15) is 32.6 Å². The van der Waals surface area contributed by atoms with Crippen LogP contribution in [0.4, 0.5) is 5.69 Å². The van der Waals surface area contributed by atoms with Gasteiger partial charge in [0, 0.05) is 17.1 Å². The minimum absolute atomic E-state index is 0.542. The van der Waals surface area contributed by atoms with Crippen molar-refractivity contribution < 1.29 is 0 Å². The number of rotatable bonds is 4. The lowest BCUT2D eigenvalue weighted by molar-refractivity contribution is 0.285. The molecule has 2 rings (SSSR count). The van der Waals surface area contributed by atoms with E-state index in [-0.39, 0.29) is 0 Å². The van der Waals surface area contributed by atoms with Gasteiger partial charge >= 0.3 is 0 Å². The highest BCUT2D eigenvalue weighted by molar-refractivity contribution is 9.10. The average molecular weight is 346 g/mol. The summed E-state index contributed by atoms with van der Waals surface area (Å²) in [5.41, 5.74) is 1.05. The molecule has 1 unspecified atom stereocenters. The van der Waals surface area contributed by atoms with Crippen molar-refractivity contribution in [1.29, 1.82) is 0 Å². The van der Waals surface area contributed by atoms with Crippen LogP contribution in [-0.2, 0) is 0 Å². The molecule has 2 nitrogen and oxygen atoms in total. The molecule has 1 atom stereocenters. The Balaban J connectivity index is 1.92. The average Bonchev–Trinajstić information content (AvgIpc) is 2.59. The topological polar surface area (TPSA) is 15.3 Å². The lowest BCUT2D eigenvalue weighted by atomic mass is 10.1. The van der Waals surface area contributed by atoms with Crippen molar-refractivity contribution in [2.75, 3.05) is 25.0 Å². The zero-order valence-corrected chi connectivity index (χ0v) is 13.8. The highest BCUT2D eigenvalue weighted by atomic mass is 79.9. The highest BCUT2D eigenvalue weighted by Gasteiger charge is 2.17. The van der Waals surface area contributed by atoms with E-state index in [1.165, 1.54) is 45.3 Å². The van der Waals surface area contributed by atoms with Gasteiger partial charge in [0.15, 0.2) is 0 Å². The summed E-state index contributed by atoms with van der Waals surface area (Å²) in [6.45, 7) is 5.91. The first kappa shape index (κ1) is 15.1. The summed E-state index contributed by atoms with van der Waals surface area (Å²) >= 11 is 9.71. The van der Waals surface area contributed by atoms with E-state index in [0.29, 0.717) is 6.04 Å². The van der Waals surface area contributed by atoms with E-state index in [9.17, 15) is 0 Å². The predicted octanol–water partition coefficient (Wildman–Crippen LogP) is 4.78. The molecule has 0 radical (unpaired) electrons. The maximum atomic E-state index is 6.27. The van der Waals surface area contributed by atoms with Crippen LogP contribution in [-0.4, -0.2) is 30.6 Å². The van der Waals surface area contributed by atoms with Gasteiger partial charge in [-0.15, -0.1) is 0 Å². The SMILES string of the molecule is CCCN1CCCC(Nc2ccc(Br)cc2Cl)CC1. The van der Waals surface area contributed by atoms with Crippen LogP contribution in [0.25, 0.3) is 0 Å². The van der Waals surface area contributed by atoms with Crippen LogP contribution in [0.15, 0.2) is 22.7 Å². The van der Waals surface area contributed by atoms with Crippen LogP contribution in [0.2, 0.25) is 5.02 Å². The molecule has 0 spiro atoms. The van der Waals surface area contributed by atoms with Crippen LogP contribution >= 0.6 is 27.5 Å². The number of nitrogens with zero attached hydrogens (tertiary/aromatic N) is 1. The van der Waals surface area contributed by atoms with E-state index in [4.69, 9.17) is 11.6 Å². The van der Waals surface area contributed by atoms with Crippen molar-refractivity contribution in [3.63, 3.8) is 0 Å².